The van der Waals surface area contributed by atoms with Crippen molar-refractivity contribution in [2.45, 2.75) is 26.4 Å². The predicted octanol–water partition coefficient (Wildman–Crippen LogP) is 3.42. The Hall–Kier alpha value is -2.53. The minimum Gasteiger partial charge on any atom is -0.496 e. The van der Waals surface area contributed by atoms with Crippen LogP contribution in [0.25, 0.3) is 0 Å². The highest BCUT2D eigenvalue weighted by molar-refractivity contribution is 6.30. The predicted molar refractivity (Wildman–Crippen MR) is 102 cm³/mol. The van der Waals surface area contributed by atoms with Crippen molar-refractivity contribution in [2.24, 2.45) is 5.92 Å². The number of amides is 2. The first kappa shape index (κ1) is 19.8. The van der Waals surface area contributed by atoms with Crippen LogP contribution in [0.1, 0.15) is 29.8 Å². The van der Waals surface area contributed by atoms with E-state index in [1.807, 2.05) is 38.1 Å². The number of nitrogens with one attached hydrogen (secondary N) is 2. The number of rotatable bonds is 7. The van der Waals surface area contributed by atoms with Gasteiger partial charge in [0.2, 0.25) is 5.91 Å². The highest BCUT2D eigenvalue weighted by Gasteiger charge is 2.24. The van der Waals surface area contributed by atoms with Crippen molar-refractivity contribution in [1.82, 2.24) is 10.6 Å². The van der Waals surface area contributed by atoms with E-state index < -0.39 is 6.04 Å². The molecule has 0 saturated heterocycles. The van der Waals surface area contributed by atoms with Crippen molar-refractivity contribution in [3.63, 3.8) is 0 Å². The van der Waals surface area contributed by atoms with Gasteiger partial charge >= 0.3 is 0 Å². The van der Waals surface area contributed by atoms with Crippen molar-refractivity contribution in [1.29, 1.82) is 0 Å². The second-order valence-electron chi connectivity index (χ2n) is 6.23. The second kappa shape index (κ2) is 9.25. The first-order valence-corrected chi connectivity index (χ1v) is 8.76. The molecule has 0 aromatic heterocycles. The number of methoxy groups -OCH3 is 1. The van der Waals surface area contributed by atoms with Crippen molar-refractivity contribution in [2.75, 3.05) is 7.11 Å². The maximum atomic E-state index is 12.6. The van der Waals surface area contributed by atoms with Crippen molar-refractivity contribution >= 4 is 23.4 Å². The molecule has 2 amide bonds. The van der Waals surface area contributed by atoms with E-state index in [2.05, 4.69) is 10.6 Å². The summed E-state index contributed by atoms with van der Waals surface area (Å²) in [7, 11) is 1.59. The van der Waals surface area contributed by atoms with Gasteiger partial charge in [-0.15, -0.1) is 0 Å². The third-order valence-electron chi connectivity index (χ3n) is 3.99. The fraction of sp³-hybridized carbons (Fsp3) is 0.300. The molecule has 0 radical (unpaired) electrons. The molecule has 5 nitrogen and oxygen atoms in total. The molecule has 6 heteroatoms. The van der Waals surface area contributed by atoms with E-state index >= 15 is 0 Å². The molecule has 26 heavy (non-hydrogen) atoms. The molecule has 0 aliphatic rings. The zero-order chi connectivity index (χ0) is 19.1. The number of carbonyl (C=O) groups is 2. The fourth-order valence-corrected chi connectivity index (χ4v) is 2.63. The molecule has 1 atom stereocenters. The molecule has 0 spiro atoms. The van der Waals surface area contributed by atoms with Crippen LogP contribution in [-0.4, -0.2) is 25.0 Å². The second-order valence-corrected chi connectivity index (χ2v) is 6.67. The van der Waals surface area contributed by atoms with Gasteiger partial charge in [0.05, 0.1) is 7.11 Å². The third-order valence-corrected chi connectivity index (χ3v) is 4.24. The van der Waals surface area contributed by atoms with E-state index in [1.54, 1.807) is 31.4 Å². The summed E-state index contributed by atoms with van der Waals surface area (Å²) in [5, 5.41) is 6.21. The van der Waals surface area contributed by atoms with Gasteiger partial charge in [0.25, 0.3) is 5.91 Å². The van der Waals surface area contributed by atoms with Crippen LogP contribution in [0.4, 0.5) is 0 Å². The molecular formula is C20H23ClN2O3. The maximum Gasteiger partial charge on any atom is 0.251 e. The fourth-order valence-electron chi connectivity index (χ4n) is 2.50. The lowest BCUT2D eigenvalue weighted by molar-refractivity contribution is -0.124. The van der Waals surface area contributed by atoms with Gasteiger partial charge in [-0.3, -0.25) is 9.59 Å². The lowest BCUT2D eigenvalue weighted by Crippen LogP contribution is -2.49. The van der Waals surface area contributed by atoms with Gasteiger partial charge in [-0.1, -0.05) is 43.6 Å². The van der Waals surface area contributed by atoms with E-state index in [1.165, 1.54) is 0 Å². The Morgan fingerprint density at radius 2 is 1.73 bits per heavy atom. The summed E-state index contributed by atoms with van der Waals surface area (Å²) in [5.74, 6) is 0.0871. The SMILES string of the molecule is COc1ccccc1CNC(=O)[C@@H](NC(=O)c1ccc(Cl)cc1)C(C)C. The average Bonchev–Trinajstić information content (AvgIpc) is 2.64. The summed E-state index contributed by atoms with van der Waals surface area (Å²) in [5.41, 5.74) is 1.33. The lowest BCUT2D eigenvalue weighted by atomic mass is 10.0. The molecule has 0 unspecified atom stereocenters. The Morgan fingerprint density at radius 3 is 2.35 bits per heavy atom. The van der Waals surface area contributed by atoms with Crippen LogP contribution in [0.2, 0.25) is 5.02 Å². The number of para-hydroxylation sites is 1. The van der Waals surface area contributed by atoms with Crippen LogP contribution in [0.3, 0.4) is 0 Å². The highest BCUT2D eigenvalue weighted by Crippen LogP contribution is 2.17. The van der Waals surface area contributed by atoms with Crippen LogP contribution < -0.4 is 15.4 Å². The smallest absolute Gasteiger partial charge is 0.251 e. The first-order valence-electron chi connectivity index (χ1n) is 8.38. The zero-order valence-electron chi connectivity index (χ0n) is 15.1. The Morgan fingerprint density at radius 1 is 1.08 bits per heavy atom. The molecule has 2 aromatic carbocycles. The summed E-state index contributed by atoms with van der Waals surface area (Å²) < 4.78 is 5.29. The van der Waals surface area contributed by atoms with Gasteiger partial charge in [-0.05, 0) is 36.2 Å². The van der Waals surface area contributed by atoms with Gasteiger partial charge < -0.3 is 15.4 Å². The van der Waals surface area contributed by atoms with Crippen molar-refractivity contribution in [3.8, 4) is 5.75 Å². The molecule has 0 saturated carbocycles. The third kappa shape index (κ3) is 5.23. The topological polar surface area (TPSA) is 67.4 Å². The monoisotopic (exact) mass is 374 g/mol. The van der Waals surface area contributed by atoms with Crippen LogP contribution in [0.5, 0.6) is 5.75 Å². The van der Waals surface area contributed by atoms with Crippen molar-refractivity contribution in [3.05, 3.63) is 64.7 Å². The van der Waals surface area contributed by atoms with E-state index in [4.69, 9.17) is 16.3 Å². The maximum absolute atomic E-state index is 12.6. The number of ether oxygens (including phenoxy) is 1. The Balaban J connectivity index is 2.03. The quantitative estimate of drug-likeness (QED) is 0.780. The summed E-state index contributed by atoms with van der Waals surface area (Å²) in [6, 6.07) is 13.4. The molecule has 2 aromatic rings. The van der Waals surface area contributed by atoms with Crippen LogP contribution in [-0.2, 0) is 11.3 Å². The molecule has 2 rings (SSSR count). The molecule has 2 N–H and O–H groups in total. The van der Waals surface area contributed by atoms with Gasteiger partial charge in [-0.2, -0.15) is 0 Å². The summed E-state index contributed by atoms with van der Waals surface area (Å²) in [6.45, 7) is 4.09. The number of hydrogen-bond acceptors (Lipinski definition) is 3. The number of carbonyl (C=O) groups excluding carboxylic acids is 2. The number of halogens is 1. The largest absolute Gasteiger partial charge is 0.496 e. The van der Waals surface area contributed by atoms with Crippen LogP contribution >= 0.6 is 11.6 Å². The summed E-state index contributed by atoms with van der Waals surface area (Å²) >= 11 is 5.84. The molecule has 138 valence electrons. The van der Waals surface area contributed by atoms with Gasteiger partial charge in [0.15, 0.2) is 0 Å². The molecule has 0 heterocycles. The van der Waals surface area contributed by atoms with E-state index in [0.29, 0.717) is 22.9 Å². The molecule has 0 fully saturated rings. The van der Waals surface area contributed by atoms with E-state index in [0.717, 1.165) is 5.56 Å². The first-order chi connectivity index (χ1) is 12.4. The molecule has 0 aliphatic heterocycles. The zero-order valence-corrected chi connectivity index (χ0v) is 15.8. The van der Waals surface area contributed by atoms with E-state index in [-0.39, 0.29) is 17.7 Å². The highest BCUT2D eigenvalue weighted by atomic mass is 35.5. The van der Waals surface area contributed by atoms with Gasteiger partial charge in [0.1, 0.15) is 11.8 Å². The normalized spacial score (nSPS) is 11.7. The van der Waals surface area contributed by atoms with E-state index in [9.17, 15) is 9.59 Å². The Bertz CT molecular complexity index is 760. The minimum atomic E-state index is -0.645. The molecular weight excluding hydrogens is 352 g/mol. The Kier molecular flexibility index (Phi) is 7.04. The van der Waals surface area contributed by atoms with Gasteiger partial charge in [-0.25, -0.2) is 0 Å². The number of benzene rings is 2. The van der Waals surface area contributed by atoms with Crippen LogP contribution in [0.15, 0.2) is 48.5 Å². The summed E-state index contributed by atoms with van der Waals surface area (Å²) in [6.07, 6.45) is 0. The molecule has 0 bridgehead atoms. The standard InChI is InChI=1S/C20H23ClN2O3/c1-13(2)18(23-19(24)14-8-10-16(21)11-9-14)20(25)22-12-15-6-4-5-7-17(15)26-3/h4-11,13,18H,12H2,1-3H3,(H,22,25)(H,23,24)/t18-/m0/s1. The minimum absolute atomic E-state index is 0.0658. The Labute approximate surface area is 158 Å². The van der Waals surface area contributed by atoms with Gasteiger partial charge in [0, 0.05) is 22.7 Å². The van der Waals surface area contributed by atoms with Crippen molar-refractivity contribution < 1.29 is 14.3 Å². The summed E-state index contributed by atoms with van der Waals surface area (Å²) in [4.78, 5) is 25.0. The van der Waals surface area contributed by atoms with Crippen LogP contribution in [0, 0.1) is 5.92 Å². The average molecular weight is 375 g/mol. The molecule has 0 aliphatic carbocycles. The number of hydrogen-bond donors (Lipinski definition) is 2. The lowest BCUT2D eigenvalue weighted by Gasteiger charge is -2.22.